The first-order valence-electron chi connectivity index (χ1n) is 4.91. The van der Waals surface area contributed by atoms with Crippen molar-refractivity contribution in [3.05, 3.63) is 53.1 Å². The summed E-state index contributed by atoms with van der Waals surface area (Å²) in [6.07, 6.45) is 4.28. The van der Waals surface area contributed by atoms with E-state index >= 15 is 0 Å². The molecule has 0 aliphatic heterocycles. The fourth-order valence-corrected chi connectivity index (χ4v) is 1.51. The van der Waals surface area contributed by atoms with Crippen molar-refractivity contribution in [1.29, 1.82) is 0 Å². The van der Waals surface area contributed by atoms with Crippen LogP contribution in [0.15, 0.2) is 36.8 Å². The minimum atomic E-state index is -0.538. The third-order valence-electron chi connectivity index (χ3n) is 2.11. The lowest BCUT2D eigenvalue weighted by Crippen LogP contribution is -2.11. The topological polar surface area (TPSA) is 52.1 Å². The number of esters is 1. The van der Waals surface area contributed by atoms with Gasteiger partial charge in [-0.3, -0.25) is 4.98 Å². The Hall–Kier alpha value is -1.94. The molecular weight excluding hydrogens is 240 g/mol. The third-order valence-corrected chi connectivity index (χ3v) is 2.35. The molecule has 1 heterocycles. The molecule has 0 unspecified atom stereocenters. The Morgan fingerprint density at radius 3 is 2.82 bits per heavy atom. The summed E-state index contributed by atoms with van der Waals surface area (Å²) < 4.78 is 5.19. The molecule has 0 saturated heterocycles. The predicted octanol–water partition coefficient (Wildman–Crippen LogP) is 2.66. The molecule has 2 rings (SSSR count). The maximum atomic E-state index is 11.7. The van der Waals surface area contributed by atoms with Crippen molar-refractivity contribution < 1.29 is 9.53 Å². The molecule has 2 aromatic rings. The summed E-state index contributed by atoms with van der Waals surface area (Å²) in [5.74, 6) is -0.0754. The minimum absolute atomic E-state index is 0.168. The number of hydrogen-bond donors (Lipinski definition) is 0. The number of aromatic nitrogens is 2. The molecule has 0 aliphatic rings. The van der Waals surface area contributed by atoms with Gasteiger partial charge in [0.15, 0.2) is 5.69 Å². The second-order valence-electron chi connectivity index (χ2n) is 3.39. The molecule has 5 heteroatoms. The van der Waals surface area contributed by atoms with Crippen LogP contribution < -0.4 is 4.74 Å². The van der Waals surface area contributed by atoms with Crippen LogP contribution in [0.5, 0.6) is 5.75 Å². The molecule has 0 atom stereocenters. The zero-order valence-electron chi connectivity index (χ0n) is 9.05. The lowest BCUT2D eigenvalue weighted by atomic mass is 10.2. The van der Waals surface area contributed by atoms with Crippen molar-refractivity contribution >= 4 is 17.6 Å². The summed E-state index contributed by atoms with van der Waals surface area (Å²) in [6.45, 7) is 1.81. The van der Waals surface area contributed by atoms with Crippen LogP contribution in [-0.2, 0) is 0 Å². The van der Waals surface area contributed by atoms with Crippen LogP contribution in [-0.4, -0.2) is 15.9 Å². The quantitative estimate of drug-likeness (QED) is 0.606. The van der Waals surface area contributed by atoms with Crippen LogP contribution in [0.2, 0.25) is 5.02 Å². The van der Waals surface area contributed by atoms with E-state index in [2.05, 4.69) is 9.97 Å². The number of hydrogen-bond acceptors (Lipinski definition) is 4. The van der Waals surface area contributed by atoms with E-state index in [4.69, 9.17) is 16.3 Å². The smallest absolute Gasteiger partial charge is 0.363 e. The van der Waals surface area contributed by atoms with Crippen LogP contribution in [0.25, 0.3) is 0 Å². The standard InChI is InChI=1S/C12H9ClN2O2/c1-8-6-9(13)2-3-11(8)17-12(16)10-7-14-4-5-15-10/h2-7H,1H3. The number of aryl methyl sites for hydroxylation is 1. The van der Waals surface area contributed by atoms with Crippen LogP contribution in [0.1, 0.15) is 16.1 Å². The van der Waals surface area contributed by atoms with Gasteiger partial charge < -0.3 is 4.74 Å². The zero-order valence-corrected chi connectivity index (χ0v) is 9.81. The maximum absolute atomic E-state index is 11.7. The van der Waals surface area contributed by atoms with Crippen molar-refractivity contribution in [3.63, 3.8) is 0 Å². The lowest BCUT2D eigenvalue weighted by Gasteiger charge is -2.06. The molecule has 1 aromatic carbocycles. The molecule has 1 aromatic heterocycles. The average molecular weight is 249 g/mol. The third kappa shape index (κ3) is 2.79. The van der Waals surface area contributed by atoms with Crippen molar-refractivity contribution in [1.82, 2.24) is 9.97 Å². The average Bonchev–Trinajstić information content (AvgIpc) is 2.34. The van der Waals surface area contributed by atoms with Gasteiger partial charge in [0.05, 0.1) is 6.20 Å². The Balaban J connectivity index is 2.19. The molecule has 0 spiro atoms. The van der Waals surface area contributed by atoms with Crippen molar-refractivity contribution in [3.8, 4) is 5.75 Å². The molecule has 0 fully saturated rings. The number of rotatable bonds is 2. The second kappa shape index (κ2) is 4.93. The predicted molar refractivity (Wildman–Crippen MR) is 63.2 cm³/mol. The van der Waals surface area contributed by atoms with E-state index in [0.29, 0.717) is 10.8 Å². The Morgan fingerprint density at radius 1 is 1.35 bits per heavy atom. The first-order chi connectivity index (χ1) is 8.16. The highest BCUT2D eigenvalue weighted by molar-refractivity contribution is 6.30. The van der Waals surface area contributed by atoms with Gasteiger partial charge in [-0.1, -0.05) is 11.6 Å². The van der Waals surface area contributed by atoms with Gasteiger partial charge in [0.25, 0.3) is 0 Å². The van der Waals surface area contributed by atoms with Crippen molar-refractivity contribution in [2.24, 2.45) is 0 Å². The van der Waals surface area contributed by atoms with E-state index in [1.807, 2.05) is 6.92 Å². The van der Waals surface area contributed by atoms with Gasteiger partial charge in [-0.2, -0.15) is 0 Å². The number of halogens is 1. The monoisotopic (exact) mass is 248 g/mol. The van der Waals surface area contributed by atoms with Gasteiger partial charge in [0.2, 0.25) is 0 Å². The largest absolute Gasteiger partial charge is 0.421 e. The normalized spacial score (nSPS) is 10.0. The van der Waals surface area contributed by atoms with E-state index < -0.39 is 5.97 Å². The van der Waals surface area contributed by atoms with Gasteiger partial charge in [0.1, 0.15) is 5.75 Å². The van der Waals surface area contributed by atoms with Gasteiger partial charge >= 0.3 is 5.97 Å². The van der Waals surface area contributed by atoms with Crippen molar-refractivity contribution in [2.75, 3.05) is 0 Å². The molecule has 0 bridgehead atoms. The Labute approximate surface area is 103 Å². The Morgan fingerprint density at radius 2 is 2.18 bits per heavy atom. The van der Waals surface area contributed by atoms with Crippen LogP contribution in [0.4, 0.5) is 0 Å². The summed E-state index contributed by atoms with van der Waals surface area (Å²) in [4.78, 5) is 19.4. The van der Waals surface area contributed by atoms with Crippen LogP contribution in [0, 0.1) is 6.92 Å². The van der Waals surface area contributed by atoms with Gasteiger partial charge in [-0.05, 0) is 30.7 Å². The highest BCUT2D eigenvalue weighted by Crippen LogP contribution is 2.22. The summed E-state index contributed by atoms with van der Waals surface area (Å²) in [5, 5.41) is 0.599. The maximum Gasteiger partial charge on any atom is 0.363 e. The molecule has 0 saturated carbocycles. The van der Waals surface area contributed by atoms with Crippen molar-refractivity contribution in [2.45, 2.75) is 6.92 Å². The van der Waals surface area contributed by atoms with E-state index in [0.717, 1.165) is 5.56 Å². The molecule has 0 amide bonds. The lowest BCUT2D eigenvalue weighted by molar-refractivity contribution is 0.0727. The zero-order chi connectivity index (χ0) is 12.3. The number of benzene rings is 1. The highest BCUT2D eigenvalue weighted by atomic mass is 35.5. The highest BCUT2D eigenvalue weighted by Gasteiger charge is 2.11. The first kappa shape index (κ1) is 11.5. The van der Waals surface area contributed by atoms with Gasteiger partial charge in [-0.15, -0.1) is 0 Å². The van der Waals surface area contributed by atoms with E-state index in [-0.39, 0.29) is 5.69 Å². The fourth-order valence-electron chi connectivity index (χ4n) is 1.28. The summed E-state index contributed by atoms with van der Waals surface area (Å²) in [6, 6.07) is 5.03. The second-order valence-corrected chi connectivity index (χ2v) is 3.83. The van der Waals surface area contributed by atoms with Crippen LogP contribution >= 0.6 is 11.6 Å². The molecule has 86 valence electrons. The van der Waals surface area contributed by atoms with Gasteiger partial charge in [-0.25, -0.2) is 9.78 Å². The summed E-state index contributed by atoms with van der Waals surface area (Å²) in [7, 11) is 0. The number of ether oxygens (including phenoxy) is 1. The summed E-state index contributed by atoms with van der Waals surface area (Å²) >= 11 is 5.81. The van der Waals surface area contributed by atoms with E-state index in [9.17, 15) is 4.79 Å². The van der Waals surface area contributed by atoms with E-state index in [1.54, 1.807) is 18.2 Å². The fraction of sp³-hybridized carbons (Fsp3) is 0.0833. The molecule has 0 radical (unpaired) electrons. The number of carbonyl (C=O) groups excluding carboxylic acids is 1. The molecular formula is C12H9ClN2O2. The number of nitrogens with zero attached hydrogens (tertiary/aromatic N) is 2. The Kier molecular flexibility index (Phi) is 3.35. The van der Waals surface area contributed by atoms with Crippen LogP contribution in [0.3, 0.4) is 0 Å². The number of carbonyl (C=O) groups is 1. The molecule has 4 nitrogen and oxygen atoms in total. The summed E-state index contributed by atoms with van der Waals surface area (Å²) in [5.41, 5.74) is 0.955. The molecule has 0 aliphatic carbocycles. The molecule has 0 N–H and O–H groups in total. The first-order valence-corrected chi connectivity index (χ1v) is 5.29. The minimum Gasteiger partial charge on any atom is -0.421 e. The molecule has 17 heavy (non-hydrogen) atoms. The van der Waals surface area contributed by atoms with Gasteiger partial charge in [0, 0.05) is 17.4 Å². The van der Waals surface area contributed by atoms with E-state index in [1.165, 1.54) is 18.6 Å². The Bertz CT molecular complexity index is 543. The SMILES string of the molecule is Cc1cc(Cl)ccc1OC(=O)c1cnccn1.